The number of aromatic amines is 2. The summed E-state index contributed by atoms with van der Waals surface area (Å²) in [6, 6.07) is 12.0. The lowest BCUT2D eigenvalue weighted by molar-refractivity contribution is 0.157. The maximum Gasteiger partial charge on any atom is 0.209 e. The lowest BCUT2D eigenvalue weighted by Crippen LogP contribution is -2.40. The zero-order chi connectivity index (χ0) is 21.4. The van der Waals surface area contributed by atoms with E-state index in [1.54, 1.807) is 6.20 Å². The first-order valence-electron chi connectivity index (χ1n) is 10.5. The van der Waals surface area contributed by atoms with E-state index in [2.05, 4.69) is 48.8 Å². The first kappa shape index (κ1) is 20.2. The zero-order valence-electron chi connectivity index (χ0n) is 17.4. The Balaban J connectivity index is 1.39. The number of imidazole rings is 1. The van der Waals surface area contributed by atoms with Crippen LogP contribution in [0.2, 0.25) is 0 Å². The van der Waals surface area contributed by atoms with E-state index in [0.717, 1.165) is 54.5 Å². The highest BCUT2D eigenvalue weighted by molar-refractivity contribution is 7.88. The third-order valence-corrected chi connectivity index (χ3v) is 6.73. The van der Waals surface area contributed by atoms with E-state index in [4.69, 9.17) is 4.98 Å². The number of pyridine rings is 1. The number of sulfonamides is 1. The Hall–Kier alpha value is -2.75. The quantitative estimate of drug-likeness (QED) is 0.429. The Labute approximate surface area is 181 Å². The molecule has 0 radical (unpaired) electrons. The van der Waals surface area contributed by atoms with Gasteiger partial charge in [0.2, 0.25) is 10.0 Å². The molecule has 0 saturated carbocycles. The maximum atomic E-state index is 12.2. The second-order valence-corrected chi connectivity index (χ2v) is 10.1. The van der Waals surface area contributed by atoms with Gasteiger partial charge >= 0.3 is 0 Å². The molecule has 0 spiro atoms. The number of nitrogens with zero attached hydrogens (tertiary/aromatic N) is 3. The van der Waals surface area contributed by atoms with Crippen LogP contribution >= 0.6 is 0 Å². The van der Waals surface area contributed by atoms with Crippen LogP contribution in [0.25, 0.3) is 22.1 Å². The van der Waals surface area contributed by atoms with Crippen LogP contribution < -0.4 is 4.72 Å². The predicted molar refractivity (Wildman–Crippen MR) is 121 cm³/mol. The number of H-pyrrole nitrogens is 2. The molecule has 8 nitrogen and oxygen atoms in total. The maximum absolute atomic E-state index is 12.2. The molecule has 1 aliphatic rings. The van der Waals surface area contributed by atoms with Crippen molar-refractivity contribution in [2.45, 2.75) is 25.4 Å². The third-order valence-electron chi connectivity index (χ3n) is 6.05. The van der Waals surface area contributed by atoms with E-state index in [9.17, 15) is 8.42 Å². The Morgan fingerprint density at radius 2 is 1.97 bits per heavy atom. The molecule has 1 fully saturated rings. The van der Waals surface area contributed by atoms with Gasteiger partial charge in [-0.05, 0) is 43.5 Å². The average Bonchev–Trinajstić information content (AvgIpc) is 3.39. The SMILES string of the molecule is CS(=O)(=O)NC(c1nc2cnc3[nH]ccc3c2[nH]1)C1CCN(Cc2ccccc2)CC1. The molecule has 1 saturated heterocycles. The second kappa shape index (κ2) is 8.07. The molecule has 4 heterocycles. The molecule has 0 bridgehead atoms. The molecular weight excluding hydrogens is 412 g/mol. The van der Waals surface area contributed by atoms with Gasteiger partial charge in [0, 0.05) is 18.1 Å². The average molecular weight is 439 g/mol. The van der Waals surface area contributed by atoms with Crippen molar-refractivity contribution >= 4 is 32.1 Å². The summed E-state index contributed by atoms with van der Waals surface area (Å²) >= 11 is 0. The second-order valence-electron chi connectivity index (χ2n) is 8.35. The van der Waals surface area contributed by atoms with Crippen LogP contribution in [-0.4, -0.2) is 52.6 Å². The minimum absolute atomic E-state index is 0.164. The molecule has 5 rings (SSSR count). The van der Waals surface area contributed by atoms with E-state index < -0.39 is 16.1 Å². The molecule has 1 unspecified atom stereocenters. The summed E-state index contributed by atoms with van der Waals surface area (Å²) in [7, 11) is -3.40. The normalized spacial score (nSPS) is 17.5. The van der Waals surface area contributed by atoms with Crippen molar-refractivity contribution < 1.29 is 8.42 Å². The van der Waals surface area contributed by atoms with Gasteiger partial charge in [-0.1, -0.05) is 30.3 Å². The zero-order valence-corrected chi connectivity index (χ0v) is 18.2. The summed E-state index contributed by atoms with van der Waals surface area (Å²) in [6.07, 6.45) is 6.56. The van der Waals surface area contributed by atoms with Gasteiger partial charge in [-0.3, -0.25) is 4.90 Å². The van der Waals surface area contributed by atoms with Gasteiger partial charge in [-0.25, -0.2) is 23.1 Å². The summed E-state index contributed by atoms with van der Waals surface area (Å²) in [6.45, 7) is 2.76. The highest BCUT2D eigenvalue weighted by Gasteiger charge is 2.32. The number of hydrogen-bond donors (Lipinski definition) is 3. The Kier molecular flexibility index (Phi) is 5.25. The monoisotopic (exact) mass is 438 g/mol. The lowest BCUT2D eigenvalue weighted by atomic mass is 9.89. The first-order valence-corrected chi connectivity index (χ1v) is 12.4. The number of rotatable bonds is 6. The van der Waals surface area contributed by atoms with E-state index in [1.807, 2.05) is 18.3 Å². The topological polar surface area (TPSA) is 107 Å². The van der Waals surface area contributed by atoms with Crippen molar-refractivity contribution in [2.24, 2.45) is 5.92 Å². The molecule has 3 aromatic heterocycles. The number of aromatic nitrogens is 4. The molecule has 0 aliphatic carbocycles. The van der Waals surface area contributed by atoms with Gasteiger partial charge in [-0.2, -0.15) is 0 Å². The van der Waals surface area contributed by atoms with Crippen molar-refractivity contribution in [1.29, 1.82) is 0 Å². The molecule has 162 valence electrons. The van der Waals surface area contributed by atoms with Gasteiger partial charge in [-0.15, -0.1) is 0 Å². The van der Waals surface area contributed by atoms with Crippen LogP contribution in [0.4, 0.5) is 0 Å². The summed E-state index contributed by atoms with van der Waals surface area (Å²) in [5, 5.41) is 0.951. The molecule has 31 heavy (non-hydrogen) atoms. The number of likely N-dealkylation sites (tertiary alicyclic amines) is 1. The van der Waals surface area contributed by atoms with Gasteiger partial charge in [0.05, 0.1) is 24.0 Å². The highest BCUT2D eigenvalue weighted by Crippen LogP contribution is 2.32. The summed E-state index contributed by atoms with van der Waals surface area (Å²) < 4.78 is 27.2. The fourth-order valence-electron chi connectivity index (χ4n) is 4.54. The molecule has 4 aromatic rings. The predicted octanol–water partition coefficient (Wildman–Crippen LogP) is 2.94. The van der Waals surface area contributed by atoms with Crippen molar-refractivity contribution in [3.8, 4) is 0 Å². The van der Waals surface area contributed by atoms with Gasteiger partial charge < -0.3 is 9.97 Å². The van der Waals surface area contributed by atoms with E-state index >= 15 is 0 Å². The molecular formula is C22H26N6O2S. The van der Waals surface area contributed by atoms with Crippen molar-refractivity contribution in [1.82, 2.24) is 29.6 Å². The largest absolute Gasteiger partial charge is 0.346 e. The number of nitrogens with one attached hydrogen (secondary N) is 3. The Bertz CT molecular complexity index is 1290. The van der Waals surface area contributed by atoms with Gasteiger partial charge in [0.25, 0.3) is 0 Å². The lowest BCUT2D eigenvalue weighted by Gasteiger charge is -2.35. The highest BCUT2D eigenvalue weighted by atomic mass is 32.2. The Morgan fingerprint density at radius 1 is 1.19 bits per heavy atom. The number of benzene rings is 1. The first-order chi connectivity index (χ1) is 15.0. The van der Waals surface area contributed by atoms with E-state index in [0.29, 0.717) is 5.82 Å². The summed E-state index contributed by atoms with van der Waals surface area (Å²) in [5.74, 6) is 0.814. The number of hydrogen-bond acceptors (Lipinski definition) is 5. The standard InChI is InChI=1S/C22H26N6O2S/c1-31(29,30)27-19(16-8-11-28(12-9-16)14-15-5-3-2-4-6-15)22-25-18-13-24-21-17(7-10-23-21)20(18)26-22/h2-7,10,13,16,19,27H,8-9,11-12,14H2,1H3,(H,23,24)(H,25,26). The number of piperidine rings is 1. The molecule has 1 aromatic carbocycles. The molecule has 0 amide bonds. The number of fused-ring (bicyclic) bond motifs is 3. The molecule has 3 N–H and O–H groups in total. The van der Waals surface area contributed by atoms with Crippen molar-refractivity contribution in [3.63, 3.8) is 0 Å². The van der Waals surface area contributed by atoms with Crippen LogP contribution in [0, 0.1) is 5.92 Å². The summed E-state index contributed by atoms with van der Waals surface area (Å²) in [5.41, 5.74) is 3.70. The fraction of sp³-hybridized carbons (Fsp3) is 0.364. The van der Waals surface area contributed by atoms with Crippen LogP contribution in [0.15, 0.2) is 48.8 Å². The minimum Gasteiger partial charge on any atom is -0.346 e. The van der Waals surface area contributed by atoms with Crippen LogP contribution in [0.1, 0.15) is 30.3 Å². The Morgan fingerprint density at radius 3 is 2.71 bits per heavy atom. The van der Waals surface area contributed by atoms with Crippen molar-refractivity contribution in [2.75, 3.05) is 19.3 Å². The van der Waals surface area contributed by atoms with Gasteiger partial charge in [0.1, 0.15) is 17.0 Å². The molecule has 1 atom stereocenters. The smallest absolute Gasteiger partial charge is 0.209 e. The fourth-order valence-corrected chi connectivity index (χ4v) is 5.30. The molecule has 9 heteroatoms. The van der Waals surface area contributed by atoms with E-state index in [1.165, 1.54) is 11.8 Å². The van der Waals surface area contributed by atoms with Gasteiger partial charge in [0.15, 0.2) is 0 Å². The minimum atomic E-state index is -3.40. The van der Waals surface area contributed by atoms with Crippen LogP contribution in [-0.2, 0) is 16.6 Å². The van der Waals surface area contributed by atoms with Crippen LogP contribution in [0.3, 0.4) is 0 Å². The van der Waals surface area contributed by atoms with Crippen molar-refractivity contribution in [3.05, 3.63) is 60.2 Å². The summed E-state index contributed by atoms with van der Waals surface area (Å²) in [4.78, 5) is 18.0. The molecule has 1 aliphatic heterocycles. The third kappa shape index (κ3) is 4.34. The van der Waals surface area contributed by atoms with Crippen LogP contribution in [0.5, 0.6) is 0 Å². The van der Waals surface area contributed by atoms with E-state index in [-0.39, 0.29) is 5.92 Å².